The molecule has 27 heavy (non-hydrogen) atoms. The molecule has 10 heteroatoms. The first kappa shape index (κ1) is 19.1. The van der Waals surface area contributed by atoms with E-state index >= 15 is 0 Å². The average Bonchev–Trinajstić information content (AvgIpc) is 3.00. The number of fused-ring (bicyclic) bond motifs is 1. The largest absolute Gasteiger partial charge is 0.476 e. The molecule has 1 aromatic heterocycles. The van der Waals surface area contributed by atoms with Crippen LogP contribution in [0.4, 0.5) is 0 Å². The lowest BCUT2D eigenvalue weighted by molar-refractivity contribution is -0.244. The first-order chi connectivity index (χ1) is 12.8. The molecular weight excluding hydrogens is 360 g/mol. The fourth-order valence-electron chi connectivity index (χ4n) is 3.08. The van der Waals surface area contributed by atoms with Crippen LogP contribution in [0.3, 0.4) is 0 Å². The third-order valence-corrected chi connectivity index (χ3v) is 4.36. The molecule has 2 aromatic rings. The zero-order valence-corrected chi connectivity index (χ0v) is 14.3. The van der Waals surface area contributed by atoms with Gasteiger partial charge in [0.15, 0.2) is 11.4 Å². The first-order valence-corrected chi connectivity index (χ1v) is 8.23. The molecule has 1 aromatic carbocycles. The Hall–Kier alpha value is -2.66. The summed E-state index contributed by atoms with van der Waals surface area (Å²) < 4.78 is 11.2. The van der Waals surface area contributed by atoms with Crippen molar-refractivity contribution in [2.24, 2.45) is 0 Å². The minimum Gasteiger partial charge on any atom is -0.476 e. The monoisotopic (exact) mass is 380 g/mol. The SMILES string of the molecule is CC(=O)NC1[C@H](Oc2c(C(=O)O)[nH]c3ccccc23)OC(CO)[C@@H](O)[C@@H]1O. The van der Waals surface area contributed by atoms with Gasteiger partial charge in [0.25, 0.3) is 0 Å². The molecule has 2 heterocycles. The van der Waals surface area contributed by atoms with Gasteiger partial charge < -0.3 is 40.2 Å². The van der Waals surface area contributed by atoms with Crippen molar-refractivity contribution in [1.82, 2.24) is 10.3 Å². The number of aliphatic hydroxyl groups is 3. The fraction of sp³-hybridized carbons (Fsp3) is 0.412. The van der Waals surface area contributed by atoms with Crippen molar-refractivity contribution >= 4 is 22.8 Å². The molecule has 1 saturated heterocycles. The summed E-state index contributed by atoms with van der Waals surface area (Å²) in [5, 5.41) is 42.1. The molecule has 10 nitrogen and oxygen atoms in total. The number of aromatic nitrogens is 1. The molecule has 0 spiro atoms. The third kappa shape index (κ3) is 3.60. The van der Waals surface area contributed by atoms with E-state index in [2.05, 4.69) is 10.3 Å². The minimum atomic E-state index is -1.50. The quantitative estimate of drug-likeness (QED) is 0.392. The zero-order chi connectivity index (χ0) is 19.7. The van der Waals surface area contributed by atoms with E-state index in [9.17, 15) is 30.0 Å². The molecule has 1 amide bonds. The Morgan fingerprint density at radius 3 is 2.59 bits per heavy atom. The number of H-pyrrole nitrogens is 1. The van der Waals surface area contributed by atoms with Crippen molar-refractivity contribution in [3.8, 4) is 5.75 Å². The molecule has 0 aliphatic carbocycles. The van der Waals surface area contributed by atoms with Crippen LogP contribution in [0.15, 0.2) is 24.3 Å². The lowest BCUT2D eigenvalue weighted by Crippen LogP contribution is -2.65. The molecular formula is C17H20N2O8. The van der Waals surface area contributed by atoms with Crippen molar-refractivity contribution in [3.63, 3.8) is 0 Å². The predicted octanol–water partition coefficient (Wildman–Crippen LogP) is -0.811. The standard InChI is InChI=1S/C17H20N2O8/c1-7(21)18-11-14(23)13(22)10(6-20)26-17(11)27-15-8-4-2-3-5-9(8)19-12(15)16(24)25/h2-5,10-11,13-14,17,19-20,22-23H,6H2,1H3,(H,18,21)(H,24,25)/t10?,11?,13-,14-,17+/m1/s1. The van der Waals surface area contributed by atoms with Crippen LogP contribution in [0.2, 0.25) is 0 Å². The number of benzene rings is 1. The lowest BCUT2D eigenvalue weighted by Gasteiger charge is -2.42. The van der Waals surface area contributed by atoms with E-state index < -0.39 is 49.1 Å². The molecule has 1 aliphatic rings. The van der Waals surface area contributed by atoms with Crippen molar-refractivity contribution in [1.29, 1.82) is 0 Å². The number of aliphatic hydroxyl groups excluding tert-OH is 3. The second-order valence-electron chi connectivity index (χ2n) is 6.23. The first-order valence-electron chi connectivity index (χ1n) is 8.23. The van der Waals surface area contributed by atoms with Crippen LogP contribution in [0.5, 0.6) is 5.75 Å². The van der Waals surface area contributed by atoms with Crippen LogP contribution >= 0.6 is 0 Å². The van der Waals surface area contributed by atoms with Gasteiger partial charge in [-0.15, -0.1) is 0 Å². The summed E-state index contributed by atoms with van der Waals surface area (Å²) in [4.78, 5) is 25.8. The second-order valence-corrected chi connectivity index (χ2v) is 6.23. The third-order valence-electron chi connectivity index (χ3n) is 4.36. The Bertz CT molecular complexity index is 851. The Morgan fingerprint density at radius 1 is 1.26 bits per heavy atom. The Balaban J connectivity index is 2.00. The van der Waals surface area contributed by atoms with Crippen molar-refractivity contribution in [2.75, 3.05) is 6.61 Å². The highest BCUT2D eigenvalue weighted by Gasteiger charge is 2.46. The van der Waals surface area contributed by atoms with Gasteiger partial charge in [0.2, 0.25) is 12.2 Å². The second kappa shape index (κ2) is 7.53. The number of hydrogen-bond acceptors (Lipinski definition) is 7. The molecule has 6 N–H and O–H groups in total. The number of nitrogens with one attached hydrogen (secondary N) is 2. The summed E-state index contributed by atoms with van der Waals surface area (Å²) >= 11 is 0. The maximum absolute atomic E-state index is 11.6. The van der Waals surface area contributed by atoms with E-state index in [-0.39, 0.29) is 11.4 Å². The molecule has 0 saturated carbocycles. The number of ether oxygens (including phenoxy) is 2. The van der Waals surface area contributed by atoms with E-state index in [1.807, 2.05) is 0 Å². The van der Waals surface area contributed by atoms with Gasteiger partial charge in [-0.3, -0.25) is 4.79 Å². The van der Waals surface area contributed by atoms with Gasteiger partial charge >= 0.3 is 5.97 Å². The maximum Gasteiger partial charge on any atom is 0.356 e. The van der Waals surface area contributed by atoms with Crippen molar-refractivity contribution < 1.29 is 39.5 Å². The molecule has 2 unspecified atom stereocenters. The van der Waals surface area contributed by atoms with Gasteiger partial charge in [0.05, 0.1) is 6.61 Å². The fourth-order valence-corrected chi connectivity index (χ4v) is 3.08. The Labute approximate surface area is 153 Å². The van der Waals surface area contributed by atoms with Crippen LogP contribution in [0, 0.1) is 0 Å². The Morgan fingerprint density at radius 2 is 1.96 bits per heavy atom. The number of aromatic amines is 1. The highest BCUT2D eigenvalue weighted by Crippen LogP contribution is 2.33. The zero-order valence-electron chi connectivity index (χ0n) is 14.3. The van der Waals surface area contributed by atoms with E-state index in [1.54, 1.807) is 24.3 Å². The van der Waals surface area contributed by atoms with Gasteiger partial charge in [-0.05, 0) is 12.1 Å². The summed E-state index contributed by atoms with van der Waals surface area (Å²) in [5.74, 6) is -1.82. The van der Waals surface area contributed by atoms with Crippen LogP contribution in [-0.2, 0) is 9.53 Å². The highest BCUT2D eigenvalue weighted by molar-refractivity contribution is 6.00. The van der Waals surface area contributed by atoms with Gasteiger partial charge in [-0.2, -0.15) is 0 Å². The smallest absolute Gasteiger partial charge is 0.356 e. The number of carboxylic acid groups (broad SMARTS) is 1. The molecule has 1 aliphatic heterocycles. The van der Waals surface area contributed by atoms with E-state index in [4.69, 9.17) is 9.47 Å². The molecule has 5 atom stereocenters. The topological polar surface area (TPSA) is 161 Å². The molecule has 0 radical (unpaired) electrons. The maximum atomic E-state index is 11.6. The van der Waals surface area contributed by atoms with Crippen LogP contribution in [0.1, 0.15) is 17.4 Å². The summed E-state index contributed by atoms with van der Waals surface area (Å²) in [6.07, 6.45) is -5.48. The Kier molecular flexibility index (Phi) is 5.33. The van der Waals surface area contributed by atoms with Gasteiger partial charge in [0.1, 0.15) is 24.4 Å². The van der Waals surface area contributed by atoms with Gasteiger partial charge in [-0.25, -0.2) is 4.79 Å². The van der Waals surface area contributed by atoms with Crippen LogP contribution in [0.25, 0.3) is 10.9 Å². The van der Waals surface area contributed by atoms with E-state index in [0.29, 0.717) is 10.9 Å². The molecule has 3 rings (SSSR count). The van der Waals surface area contributed by atoms with Gasteiger partial charge in [-0.1, -0.05) is 12.1 Å². The number of para-hydroxylation sites is 1. The van der Waals surface area contributed by atoms with E-state index in [0.717, 1.165) is 0 Å². The lowest BCUT2D eigenvalue weighted by atomic mass is 9.97. The number of carbonyl (C=O) groups is 2. The average molecular weight is 380 g/mol. The van der Waals surface area contributed by atoms with Crippen molar-refractivity contribution in [3.05, 3.63) is 30.0 Å². The summed E-state index contributed by atoms with van der Waals surface area (Å²) in [6, 6.07) is 5.52. The number of aromatic carboxylic acids is 1. The molecule has 146 valence electrons. The van der Waals surface area contributed by atoms with E-state index in [1.165, 1.54) is 6.92 Å². The van der Waals surface area contributed by atoms with Gasteiger partial charge in [0, 0.05) is 17.8 Å². The molecule has 1 fully saturated rings. The summed E-state index contributed by atoms with van der Waals surface area (Å²) in [7, 11) is 0. The van der Waals surface area contributed by atoms with Crippen LogP contribution in [-0.4, -0.2) is 74.5 Å². The highest BCUT2D eigenvalue weighted by atomic mass is 16.7. The molecule has 0 bridgehead atoms. The minimum absolute atomic E-state index is 0.0428. The number of hydrogen-bond donors (Lipinski definition) is 6. The number of carboxylic acids is 1. The number of rotatable bonds is 5. The number of amides is 1. The van der Waals surface area contributed by atoms with Crippen LogP contribution < -0.4 is 10.1 Å². The number of carbonyl (C=O) groups excluding carboxylic acids is 1. The van der Waals surface area contributed by atoms with Crippen molar-refractivity contribution in [2.45, 2.75) is 37.6 Å². The normalized spacial score (nSPS) is 28.1. The predicted molar refractivity (Wildman–Crippen MR) is 91.3 cm³/mol. The summed E-state index contributed by atoms with van der Waals surface area (Å²) in [5.41, 5.74) is 0.276. The summed E-state index contributed by atoms with van der Waals surface area (Å²) in [6.45, 7) is 0.604.